The molecule has 10 atom stereocenters. The molecule has 1 aromatic carbocycles. The van der Waals surface area contributed by atoms with Gasteiger partial charge in [-0.05, 0) is 55.7 Å². The number of rotatable bonds is 31. The lowest BCUT2D eigenvalue weighted by molar-refractivity contribution is -0.137. The van der Waals surface area contributed by atoms with E-state index >= 15 is 0 Å². The Morgan fingerprint density at radius 3 is 1.68 bits per heavy atom. The van der Waals surface area contributed by atoms with Crippen molar-refractivity contribution in [1.29, 1.82) is 0 Å². The van der Waals surface area contributed by atoms with E-state index in [1.54, 1.807) is 13.8 Å². The Labute approximate surface area is 429 Å². The number of benzene rings is 1. The van der Waals surface area contributed by atoms with Gasteiger partial charge in [0.2, 0.25) is 53.2 Å². The smallest absolute Gasteiger partial charge is 0.245 e. The molecule has 0 saturated heterocycles. The summed E-state index contributed by atoms with van der Waals surface area (Å²) in [4.78, 5) is 131. The Kier molecular flexibility index (Phi) is 26.5. The van der Waals surface area contributed by atoms with Crippen LogP contribution in [-0.2, 0) is 56.0 Å². The number of thiol groups is 2. The monoisotopic (exact) mass is 1050 g/mol. The fourth-order valence-electron chi connectivity index (χ4n) is 6.98. The van der Waals surface area contributed by atoms with Gasteiger partial charge in [-0.25, -0.2) is 4.98 Å². The van der Waals surface area contributed by atoms with E-state index in [0.29, 0.717) is 17.7 Å². The second-order valence-corrected chi connectivity index (χ2v) is 18.4. The number of aliphatic imine (C=N–C) groups is 1. The highest BCUT2D eigenvalue weighted by Gasteiger charge is 2.37. The molecule has 400 valence electrons. The number of hydrogen-bond acceptors (Lipinski definition) is 15. The van der Waals surface area contributed by atoms with Crippen molar-refractivity contribution in [2.24, 2.45) is 34.0 Å². The standard InChI is InChI=1S/C45H72N14O11S2/c1-7-23(4)35(58-40(66)31(15-22(2)3)55-41(67)33(19-71)52-25(6)61)43(69)59-36(24(5)60)44(70)56-32(17-27-18-49-21-51-27)39(65)57-34(20-72)42(68)53-29(9-8-14-50-45(47)48)38(64)54-30(37(46)63)16-26-10-12-28(62)13-11-26/h10-13,18,21-24,29-36,60,62,71-72H,7-9,14-17,19-20H2,1-6H3,(H2,46,63)(H,49,51)(H,52,61)(H,53,68)(H,54,64)(H,55,67)(H,56,70)(H,57,65)(H,58,66)(H,59,69)(H4,47,48,50)/t23-,24+,29-,30-,31-,32-,33+,34-,35-,36-/m0/s1. The lowest BCUT2D eigenvalue weighted by atomic mass is 9.96. The van der Waals surface area contributed by atoms with E-state index < -0.39 is 114 Å². The van der Waals surface area contributed by atoms with Crippen molar-refractivity contribution in [3.8, 4) is 5.75 Å². The molecule has 17 N–H and O–H groups in total. The number of hydrogen-bond donors (Lipinski definition) is 16. The van der Waals surface area contributed by atoms with Crippen LogP contribution in [-0.4, -0.2) is 152 Å². The minimum absolute atomic E-state index is 0.0202. The van der Waals surface area contributed by atoms with Crippen LogP contribution in [0.1, 0.15) is 78.5 Å². The van der Waals surface area contributed by atoms with Crippen LogP contribution in [0.3, 0.4) is 0 Å². The third-order valence-corrected chi connectivity index (χ3v) is 11.8. The number of carbonyl (C=O) groups is 9. The Bertz CT molecular complexity index is 2160. The summed E-state index contributed by atoms with van der Waals surface area (Å²) < 4.78 is 0. The van der Waals surface area contributed by atoms with Gasteiger partial charge in [0.15, 0.2) is 5.96 Å². The van der Waals surface area contributed by atoms with Crippen LogP contribution in [0.5, 0.6) is 5.75 Å². The molecule has 0 unspecified atom stereocenters. The minimum Gasteiger partial charge on any atom is -0.508 e. The first-order chi connectivity index (χ1) is 33.9. The zero-order valence-electron chi connectivity index (χ0n) is 41.3. The number of aromatic amines is 1. The minimum atomic E-state index is -1.71. The molecule has 27 heteroatoms. The SMILES string of the molecule is CC[C@H](C)[C@H](NC(=O)[C@H](CC(C)C)NC(=O)[C@@H](CS)NC(C)=O)C(=O)N[C@H](C(=O)N[C@@H](Cc1cnc[nH]1)C(=O)N[C@@H](CS)C(=O)N[C@@H](CCCN=C(N)N)C(=O)N[C@@H](Cc1ccc(O)cc1)C(N)=O)[C@@H](C)O. The Hall–Kier alpha value is -6.61. The molecule has 1 heterocycles. The van der Waals surface area contributed by atoms with Gasteiger partial charge < -0.3 is 74.9 Å². The third-order valence-electron chi connectivity index (χ3n) is 11.1. The molecule has 0 aliphatic carbocycles. The van der Waals surface area contributed by atoms with E-state index in [4.69, 9.17) is 17.2 Å². The predicted octanol–water partition coefficient (Wildman–Crippen LogP) is -3.33. The second-order valence-electron chi connectivity index (χ2n) is 17.7. The molecule has 0 bridgehead atoms. The number of phenols is 1. The van der Waals surface area contributed by atoms with Gasteiger partial charge in [-0.1, -0.05) is 46.2 Å². The van der Waals surface area contributed by atoms with Crippen molar-refractivity contribution in [2.75, 3.05) is 18.1 Å². The average molecular weight is 1050 g/mol. The fraction of sp³-hybridized carbons (Fsp3) is 0.578. The van der Waals surface area contributed by atoms with Crippen LogP contribution in [0.15, 0.2) is 41.8 Å². The number of aliphatic hydroxyl groups excluding tert-OH is 1. The molecule has 72 heavy (non-hydrogen) atoms. The molecular weight excluding hydrogens is 977 g/mol. The van der Waals surface area contributed by atoms with Gasteiger partial charge in [0.05, 0.1) is 12.4 Å². The maximum Gasteiger partial charge on any atom is 0.245 e. The van der Waals surface area contributed by atoms with Crippen molar-refractivity contribution in [3.05, 3.63) is 48.0 Å². The number of aromatic nitrogens is 2. The topological polar surface area (TPSA) is 409 Å². The number of imidazole rings is 1. The molecule has 9 amide bonds. The molecule has 0 spiro atoms. The molecule has 0 radical (unpaired) electrons. The van der Waals surface area contributed by atoms with Gasteiger partial charge in [-0.15, -0.1) is 0 Å². The number of guanidine groups is 1. The predicted molar refractivity (Wildman–Crippen MR) is 273 cm³/mol. The first-order valence-electron chi connectivity index (χ1n) is 23.3. The Morgan fingerprint density at radius 1 is 0.667 bits per heavy atom. The quantitative estimate of drug-likeness (QED) is 0.0152. The molecule has 2 aromatic rings. The van der Waals surface area contributed by atoms with Crippen molar-refractivity contribution >= 4 is 84.4 Å². The molecule has 1 aromatic heterocycles. The van der Waals surface area contributed by atoms with Crippen molar-refractivity contribution in [1.82, 2.24) is 52.5 Å². The number of H-pyrrole nitrogens is 1. The number of primary amides is 1. The molecular formula is C45H72N14O11S2. The highest BCUT2D eigenvalue weighted by molar-refractivity contribution is 7.80. The number of nitrogens with one attached hydrogen (secondary N) is 9. The van der Waals surface area contributed by atoms with E-state index in [-0.39, 0.29) is 67.8 Å². The zero-order chi connectivity index (χ0) is 54.2. The summed E-state index contributed by atoms with van der Waals surface area (Å²) in [5.41, 5.74) is 17.4. The maximum atomic E-state index is 14.1. The number of nitrogens with zero attached hydrogens (tertiary/aromatic N) is 2. The van der Waals surface area contributed by atoms with E-state index in [1.807, 2.05) is 13.8 Å². The summed E-state index contributed by atoms with van der Waals surface area (Å²) in [6, 6.07) is -4.84. The summed E-state index contributed by atoms with van der Waals surface area (Å²) in [5.74, 6) is -8.58. The summed E-state index contributed by atoms with van der Waals surface area (Å²) >= 11 is 8.40. The maximum absolute atomic E-state index is 14.1. The molecule has 0 aliphatic heterocycles. The zero-order valence-corrected chi connectivity index (χ0v) is 43.1. The number of phenolic OH excluding ortho intramolecular Hbond substituents is 1. The molecule has 0 saturated carbocycles. The highest BCUT2D eigenvalue weighted by Crippen LogP contribution is 2.14. The molecule has 0 fully saturated rings. The van der Waals surface area contributed by atoms with Gasteiger partial charge in [-0.3, -0.25) is 48.1 Å². The largest absolute Gasteiger partial charge is 0.508 e. The van der Waals surface area contributed by atoms with Crippen LogP contribution in [0, 0.1) is 11.8 Å². The fourth-order valence-corrected chi connectivity index (χ4v) is 7.49. The van der Waals surface area contributed by atoms with Crippen LogP contribution < -0.4 is 59.7 Å². The van der Waals surface area contributed by atoms with Crippen LogP contribution in [0.2, 0.25) is 0 Å². The average Bonchev–Trinajstić information content (AvgIpc) is 3.83. The summed E-state index contributed by atoms with van der Waals surface area (Å²) in [5, 5.41) is 41.0. The molecule has 25 nitrogen and oxygen atoms in total. The van der Waals surface area contributed by atoms with Gasteiger partial charge in [-0.2, -0.15) is 25.3 Å². The number of aromatic hydroxyl groups is 1. The third kappa shape index (κ3) is 21.4. The number of nitrogens with two attached hydrogens (primary N) is 3. The van der Waals surface area contributed by atoms with E-state index in [2.05, 4.69) is 82.8 Å². The van der Waals surface area contributed by atoms with Gasteiger partial charge in [0, 0.05) is 49.7 Å². The first kappa shape index (κ1) is 61.5. The Morgan fingerprint density at radius 2 is 1.17 bits per heavy atom. The summed E-state index contributed by atoms with van der Waals surface area (Å²) in [6.45, 7) is 9.58. The highest BCUT2D eigenvalue weighted by atomic mass is 32.1. The first-order valence-corrected chi connectivity index (χ1v) is 24.6. The number of carbonyl (C=O) groups excluding carboxylic acids is 9. The van der Waals surface area contributed by atoms with Crippen molar-refractivity contribution < 1.29 is 53.4 Å². The number of aliphatic hydroxyl groups is 1. The molecule has 2 rings (SSSR count). The van der Waals surface area contributed by atoms with Crippen molar-refractivity contribution in [2.45, 2.75) is 135 Å². The normalized spacial score (nSPS) is 15.2. The second kappa shape index (κ2) is 31.0. The van der Waals surface area contributed by atoms with Crippen molar-refractivity contribution in [3.63, 3.8) is 0 Å². The van der Waals surface area contributed by atoms with Crippen LogP contribution in [0.4, 0.5) is 0 Å². The van der Waals surface area contributed by atoms with E-state index in [0.717, 1.165) is 0 Å². The summed E-state index contributed by atoms with van der Waals surface area (Å²) in [7, 11) is 0. The lowest BCUT2D eigenvalue weighted by Gasteiger charge is -2.30. The van der Waals surface area contributed by atoms with Gasteiger partial charge in [0.25, 0.3) is 0 Å². The van der Waals surface area contributed by atoms with Crippen LogP contribution in [0.25, 0.3) is 0 Å². The van der Waals surface area contributed by atoms with Crippen LogP contribution >= 0.6 is 25.3 Å². The van der Waals surface area contributed by atoms with E-state index in [1.165, 1.54) is 50.6 Å². The van der Waals surface area contributed by atoms with E-state index in [9.17, 15) is 53.4 Å². The Balaban J connectivity index is 2.36. The van der Waals surface area contributed by atoms with Gasteiger partial charge in [0.1, 0.15) is 54.1 Å². The molecule has 0 aliphatic rings. The van der Waals surface area contributed by atoms with Gasteiger partial charge >= 0.3 is 0 Å². The summed E-state index contributed by atoms with van der Waals surface area (Å²) in [6.07, 6.45) is 1.47. The lowest BCUT2D eigenvalue weighted by Crippen LogP contribution is -2.63. The number of amides is 9.